The van der Waals surface area contributed by atoms with Crippen molar-refractivity contribution in [3.05, 3.63) is 66.1 Å². The van der Waals surface area contributed by atoms with Gasteiger partial charge in [0, 0.05) is 29.9 Å². The Morgan fingerprint density at radius 3 is 2.78 bits per heavy atom. The normalized spacial score (nSPS) is 14.2. The lowest BCUT2D eigenvalue weighted by Crippen LogP contribution is -2.23. The Labute approximate surface area is 157 Å². The van der Waals surface area contributed by atoms with Gasteiger partial charge < -0.3 is 14.6 Å². The quantitative estimate of drug-likeness (QED) is 0.716. The Balaban J connectivity index is 1.40. The van der Waals surface area contributed by atoms with Crippen molar-refractivity contribution < 1.29 is 14.1 Å². The van der Waals surface area contributed by atoms with Crippen LogP contribution in [0.2, 0.25) is 0 Å². The van der Waals surface area contributed by atoms with Gasteiger partial charge in [-0.05, 0) is 31.7 Å². The lowest BCUT2D eigenvalue weighted by molar-refractivity contribution is 0.0913. The van der Waals surface area contributed by atoms with Crippen LogP contribution in [0.4, 0.5) is 0 Å². The van der Waals surface area contributed by atoms with E-state index in [0.717, 1.165) is 24.0 Å². The summed E-state index contributed by atoms with van der Waals surface area (Å²) in [7, 11) is 0. The Morgan fingerprint density at radius 1 is 1.15 bits per heavy atom. The van der Waals surface area contributed by atoms with E-state index >= 15 is 0 Å². The highest BCUT2D eigenvalue weighted by atomic mass is 16.5. The van der Waals surface area contributed by atoms with E-state index in [1.165, 1.54) is 12.8 Å². The smallest absolute Gasteiger partial charge is 0.290 e. The minimum atomic E-state index is -0.319. The van der Waals surface area contributed by atoms with Crippen molar-refractivity contribution in [3.63, 3.8) is 0 Å². The molecule has 2 heterocycles. The van der Waals surface area contributed by atoms with E-state index in [1.807, 2.05) is 42.5 Å². The number of carbonyl (C=O) groups excluding carboxylic acids is 1. The summed E-state index contributed by atoms with van der Waals surface area (Å²) in [4.78, 5) is 16.7. The van der Waals surface area contributed by atoms with E-state index in [2.05, 4.69) is 15.5 Å². The summed E-state index contributed by atoms with van der Waals surface area (Å²) < 4.78 is 11.2. The highest BCUT2D eigenvalue weighted by molar-refractivity contribution is 5.92. The molecule has 6 nitrogen and oxygen atoms in total. The molecule has 0 saturated heterocycles. The molecule has 0 unspecified atom stereocenters. The lowest BCUT2D eigenvalue weighted by Gasteiger charge is -2.15. The predicted molar refractivity (Wildman–Crippen MR) is 100 cm³/mol. The standard InChI is InChI=1S/C21H21N3O3/c25-20(19-13-18(24-27-19)15-7-2-1-3-8-15)23-14-16-9-6-12-22-21(16)26-17-10-4-5-11-17/h1-3,6-9,12-13,17H,4-5,10-11,14H2,(H,23,25). The van der Waals surface area contributed by atoms with Gasteiger partial charge in [0.25, 0.3) is 5.91 Å². The van der Waals surface area contributed by atoms with E-state index in [0.29, 0.717) is 18.1 Å². The predicted octanol–water partition coefficient (Wildman–Crippen LogP) is 3.99. The third-order valence-electron chi connectivity index (χ3n) is 4.67. The average molecular weight is 363 g/mol. The summed E-state index contributed by atoms with van der Waals surface area (Å²) in [5, 5.41) is 6.83. The maximum Gasteiger partial charge on any atom is 0.290 e. The number of hydrogen-bond donors (Lipinski definition) is 1. The van der Waals surface area contributed by atoms with Crippen molar-refractivity contribution in [2.45, 2.75) is 38.3 Å². The molecule has 1 saturated carbocycles. The molecule has 0 radical (unpaired) electrons. The number of nitrogens with one attached hydrogen (secondary N) is 1. The highest BCUT2D eigenvalue weighted by Gasteiger charge is 2.19. The van der Waals surface area contributed by atoms with Crippen LogP contribution in [0.1, 0.15) is 41.8 Å². The van der Waals surface area contributed by atoms with Gasteiger partial charge in [-0.1, -0.05) is 41.6 Å². The molecule has 1 fully saturated rings. The van der Waals surface area contributed by atoms with Gasteiger partial charge in [0.1, 0.15) is 11.8 Å². The number of nitrogens with zero attached hydrogens (tertiary/aromatic N) is 2. The Bertz CT molecular complexity index is 902. The summed E-state index contributed by atoms with van der Waals surface area (Å²) >= 11 is 0. The zero-order valence-electron chi connectivity index (χ0n) is 14.9. The molecule has 1 aliphatic carbocycles. The average Bonchev–Trinajstić information content (AvgIpc) is 3.40. The fourth-order valence-corrected chi connectivity index (χ4v) is 3.22. The first-order valence-corrected chi connectivity index (χ1v) is 9.20. The first-order valence-electron chi connectivity index (χ1n) is 9.20. The van der Waals surface area contributed by atoms with E-state index in [4.69, 9.17) is 9.26 Å². The second-order valence-electron chi connectivity index (χ2n) is 6.62. The number of carbonyl (C=O) groups is 1. The Kier molecular flexibility index (Phi) is 5.14. The minimum absolute atomic E-state index is 0.177. The van der Waals surface area contributed by atoms with Crippen LogP contribution in [0, 0.1) is 0 Å². The van der Waals surface area contributed by atoms with Crippen LogP contribution in [0.25, 0.3) is 11.3 Å². The highest BCUT2D eigenvalue weighted by Crippen LogP contribution is 2.25. The summed E-state index contributed by atoms with van der Waals surface area (Å²) in [6.45, 7) is 0.316. The Morgan fingerprint density at radius 2 is 1.96 bits per heavy atom. The molecule has 6 heteroatoms. The fourth-order valence-electron chi connectivity index (χ4n) is 3.22. The maximum atomic E-state index is 12.4. The van der Waals surface area contributed by atoms with Gasteiger partial charge in [-0.25, -0.2) is 4.98 Å². The van der Waals surface area contributed by atoms with Crippen LogP contribution in [0.5, 0.6) is 5.88 Å². The van der Waals surface area contributed by atoms with Crippen LogP contribution in [0.15, 0.2) is 59.3 Å². The van der Waals surface area contributed by atoms with Gasteiger partial charge in [0.05, 0.1) is 0 Å². The fraction of sp³-hybridized carbons (Fsp3) is 0.286. The zero-order chi connectivity index (χ0) is 18.5. The van der Waals surface area contributed by atoms with Crippen LogP contribution >= 0.6 is 0 Å². The molecule has 2 aromatic heterocycles. The SMILES string of the molecule is O=C(NCc1cccnc1OC1CCCC1)c1cc(-c2ccccc2)no1. The zero-order valence-corrected chi connectivity index (χ0v) is 14.9. The molecule has 1 aliphatic rings. The second kappa shape index (κ2) is 8.03. The van der Waals surface area contributed by atoms with Gasteiger partial charge in [-0.2, -0.15) is 0 Å². The first-order chi connectivity index (χ1) is 13.3. The molecule has 138 valence electrons. The van der Waals surface area contributed by atoms with Crippen molar-refractivity contribution in [1.29, 1.82) is 0 Å². The minimum Gasteiger partial charge on any atom is -0.474 e. The number of rotatable bonds is 6. The van der Waals surface area contributed by atoms with Crippen molar-refractivity contribution in [3.8, 4) is 17.1 Å². The van der Waals surface area contributed by atoms with Gasteiger partial charge in [-0.15, -0.1) is 0 Å². The lowest BCUT2D eigenvalue weighted by atomic mass is 10.1. The van der Waals surface area contributed by atoms with Gasteiger partial charge >= 0.3 is 0 Å². The third kappa shape index (κ3) is 4.16. The maximum absolute atomic E-state index is 12.4. The molecule has 1 aromatic carbocycles. The molecular weight excluding hydrogens is 342 g/mol. The number of pyridine rings is 1. The van der Waals surface area contributed by atoms with Gasteiger partial charge in [0.15, 0.2) is 0 Å². The summed E-state index contributed by atoms with van der Waals surface area (Å²) in [6, 6.07) is 15.0. The molecule has 1 amide bonds. The van der Waals surface area contributed by atoms with E-state index in [9.17, 15) is 4.79 Å². The van der Waals surface area contributed by atoms with Crippen molar-refractivity contribution in [2.24, 2.45) is 0 Å². The van der Waals surface area contributed by atoms with Crippen LogP contribution in [-0.2, 0) is 6.54 Å². The molecule has 1 N–H and O–H groups in total. The van der Waals surface area contributed by atoms with Crippen molar-refractivity contribution >= 4 is 5.91 Å². The van der Waals surface area contributed by atoms with Crippen LogP contribution in [-0.4, -0.2) is 22.2 Å². The van der Waals surface area contributed by atoms with E-state index in [1.54, 1.807) is 12.3 Å². The molecule has 4 rings (SSSR count). The first kappa shape index (κ1) is 17.3. The number of benzene rings is 1. The number of hydrogen-bond acceptors (Lipinski definition) is 5. The number of aromatic nitrogens is 2. The Hall–Kier alpha value is -3.15. The molecule has 3 aromatic rings. The van der Waals surface area contributed by atoms with E-state index < -0.39 is 0 Å². The van der Waals surface area contributed by atoms with Crippen molar-refractivity contribution in [1.82, 2.24) is 15.5 Å². The molecule has 0 bridgehead atoms. The summed E-state index contributed by atoms with van der Waals surface area (Å²) in [5.41, 5.74) is 2.38. The van der Waals surface area contributed by atoms with Crippen LogP contribution < -0.4 is 10.1 Å². The van der Waals surface area contributed by atoms with Crippen molar-refractivity contribution in [2.75, 3.05) is 0 Å². The van der Waals surface area contributed by atoms with E-state index in [-0.39, 0.29) is 17.8 Å². The summed E-state index contributed by atoms with van der Waals surface area (Å²) in [6.07, 6.45) is 6.43. The third-order valence-corrected chi connectivity index (χ3v) is 4.67. The van der Waals surface area contributed by atoms with Gasteiger partial charge in [-0.3, -0.25) is 4.79 Å². The second-order valence-corrected chi connectivity index (χ2v) is 6.62. The monoisotopic (exact) mass is 363 g/mol. The molecule has 27 heavy (non-hydrogen) atoms. The largest absolute Gasteiger partial charge is 0.474 e. The molecule has 0 atom stereocenters. The molecule has 0 spiro atoms. The van der Waals surface area contributed by atoms with Crippen LogP contribution in [0.3, 0.4) is 0 Å². The summed E-state index contributed by atoms with van der Waals surface area (Å²) in [5.74, 6) is 0.448. The topological polar surface area (TPSA) is 77.2 Å². The number of amides is 1. The number of ether oxygens (including phenoxy) is 1. The molecular formula is C21H21N3O3. The van der Waals surface area contributed by atoms with Gasteiger partial charge in [0.2, 0.25) is 11.6 Å². The molecule has 0 aliphatic heterocycles.